The van der Waals surface area contributed by atoms with Crippen molar-refractivity contribution in [3.05, 3.63) is 227 Å². The van der Waals surface area contributed by atoms with Gasteiger partial charge in [-0.2, -0.15) is 0 Å². The molecule has 0 aromatic heterocycles. The molecule has 0 atom stereocenters. The van der Waals surface area contributed by atoms with Crippen molar-refractivity contribution in [1.82, 2.24) is 0 Å². The molecule has 0 nitrogen and oxygen atoms in total. The SMILES string of the molecule is Cc1cccc([C-](C)c2cccc(C)c2C)c1C.Cc1cccc([C-](C)c2cccc(C)c2C)c1C.Cc1cccc([C-](C)c2cccc(C)c2C)c1C.[Cr+3]. The first-order valence-corrected chi connectivity index (χ1v) is 19.5. The second kappa shape index (κ2) is 19.9. The average molecular weight is 764 g/mol. The molecule has 6 rings (SSSR count). The van der Waals surface area contributed by atoms with Crippen LogP contribution < -0.4 is 0 Å². The Balaban J connectivity index is 0.000000220. The Labute approximate surface area is 346 Å². The summed E-state index contributed by atoms with van der Waals surface area (Å²) in [6, 6.07) is 39.3. The zero-order valence-corrected chi connectivity index (χ0v) is 37.6. The van der Waals surface area contributed by atoms with Crippen LogP contribution >= 0.6 is 0 Å². The smallest absolute Gasteiger partial charge is 0.118 e. The summed E-state index contributed by atoms with van der Waals surface area (Å²) in [5, 5.41) is 0. The molecule has 6 aromatic carbocycles. The minimum Gasteiger partial charge on any atom is -0.118 e. The van der Waals surface area contributed by atoms with Gasteiger partial charge in [0.1, 0.15) is 0 Å². The number of hydrogen-bond acceptors (Lipinski definition) is 0. The van der Waals surface area contributed by atoms with E-state index >= 15 is 0 Å². The molecule has 0 aliphatic rings. The Morgan fingerprint density at radius 1 is 0.236 bits per heavy atom. The van der Waals surface area contributed by atoms with Gasteiger partial charge >= 0.3 is 17.4 Å². The molecular formula is C54H63Cr. The van der Waals surface area contributed by atoms with E-state index in [1.165, 1.54) is 118 Å². The molecule has 0 spiro atoms. The molecule has 0 aliphatic carbocycles. The quantitative estimate of drug-likeness (QED) is 0.148. The fourth-order valence-electron chi connectivity index (χ4n) is 7.38. The van der Waals surface area contributed by atoms with E-state index in [0.717, 1.165) is 0 Å². The normalized spacial score (nSPS) is 10.3. The van der Waals surface area contributed by atoms with Crippen LogP contribution in [-0.2, 0) is 17.4 Å². The first kappa shape index (κ1) is 44.9. The van der Waals surface area contributed by atoms with Crippen LogP contribution in [0.4, 0.5) is 0 Å². The fourth-order valence-corrected chi connectivity index (χ4v) is 7.38. The molecule has 0 fully saturated rings. The molecule has 0 aliphatic heterocycles. The van der Waals surface area contributed by atoms with E-state index < -0.39 is 0 Å². The van der Waals surface area contributed by atoms with Crippen molar-refractivity contribution >= 4 is 0 Å². The molecule has 0 bridgehead atoms. The third-order valence-corrected chi connectivity index (χ3v) is 12.1. The van der Waals surface area contributed by atoms with Crippen molar-refractivity contribution in [2.75, 3.05) is 0 Å². The van der Waals surface area contributed by atoms with Gasteiger partial charge in [0.05, 0.1) is 0 Å². The van der Waals surface area contributed by atoms with Gasteiger partial charge in [0.2, 0.25) is 0 Å². The van der Waals surface area contributed by atoms with E-state index in [2.05, 4.69) is 213 Å². The number of aryl methyl sites for hydroxylation is 6. The van der Waals surface area contributed by atoms with Gasteiger partial charge in [0.15, 0.2) is 0 Å². The molecule has 285 valence electrons. The summed E-state index contributed by atoms with van der Waals surface area (Å²) in [5.74, 6) is 4.12. The Morgan fingerprint density at radius 2 is 0.364 bits per heavy atom. The summed E-state index contributed by atoms with van der Waals surface area (Å²) in [5.41, 5.74) is 24.6. The van der Waals surface area contributed by atoms with Crippen LogP contribution in [0, 0.1) is 101 Å². The number of hydrogen-bond donors (Lipinski definition) is 0. The summed E-state index contributed by atoms with van der Waals surface area (Å²) in [6.07, 6.45) is 0. The third kappa shape index (κ3) is 10.4. The van der Waals surface area contributed by atoms with Crippen LogP contribution in [0.25, 0.3) is 0 Å². The van der Waals surface area contributed by atoms with Crippen molar-refractivity contribution in [3.8, 4) is 0 Å². The molecular weight excluding hydrogens is 701 g/mol. The molecule has 55 heavy (non-hydrogen) atoms. The Hall–Kier alpha value is -4.54. The molecule has 0 amide bonds. The van der Waals surface area contributed by atoms with Crippen LogP contribution in [0.1, 0.15) is 121 Å². The van der Waals surface area contributed by atoms with E-state index in [0.29, 0.717) is 0 Å². The van der Waals surface area contributed by atoms with E-state index in [1.54, 1.807) is 0 Å². The van der Waals surface area contributed by atoms with Crippen LogP contribution in [0.15, 0.2) is 109 Å². The predicted molar refractivity (Wildman–Crippen MR) is 237 cm³/mol. The largest absolute Gasteiger partial charge is 3.00 e. The average Bonchev–Trinajstić information content (AvgIpc) is 3.15. The van der Waals surface area contributed by atoms with Crippen LogP contribution in [0.5, 0.6) is 0 Å². The molecule has 1 radical (unpaired) electrons. The van der Waals surface area contributed by atoms with Gasteiger partial charge in [-0.25, -0.2) is 0 Å². The molecule has 0 heterocycles. The topological polar surface area (TPSA) is 0 Å². The van der Waals surface area contributed by atoms with Crippen LogP contribution in [-0.4, -0.2) is 0 Å². The van der Waals surface area contributed by atoms with Gasteiger partial charge in [0, 0.05) is 0 Å². The van der Waals surface area contributed by atoms with Gasteiger partial charge in [-0.3, -0.25) is 0 Å². The molecule has 0 saturated carbocycles. The van der Waals surface area contributed by atoms with E-state index in [-0.39, 0.29) is 17.4 Å². The van der Waals surface area contributed by atoms with Gasteiger partial charge in [-0.1, -0.05) is 168 Å². The Bertz CT molecular complexity index is 1800. The maximum absolute atomic E-state index is 2.23. The molecule has 0 saturated heterocycles. The second-order valence-electron chi connectivity index (χ2n) is 15.4. The zero-order chi connectivity index (χ0) is 39.9. The van der Waals surface area contributed by atoms with Gasteiger partial charge in [0.25, 0.3) is 0 Å². The van der Waals surface area contributed by atoms with Crippen molar-refractivity contribution in [3.63, 3.8) is 0 Å². The molecule has 0 N–H and O–H groups in total. The Kier molecular flexibility index (Phi) is 16.2. The number of benzene rings is 6. The zero-order valence-electron chi connectivity index (χ0n) is 36.3. The summed E-state index contributed by atoms with van der Waals surface area (Å²) in [6.45, 7) is 33.0. The van der Waals surface area contributed by atoms with E-state index in [4.69, 9.17) is 0 Å². The minimum atomic E-state index is 0. The van der Waals surface area contributed by atoms with Gasteiger partial charge < -0.3 is 0 Å². The van der Waals surface area contributed by atoms with Crippen LogP contribution in [0.2, 0.25) is 0 Å². The minimum absolute atomic E-state index is 0. The Morgan fingerprint density at radius 3 is 0.491 bits per heavy atom. The maximum Gasteiger partial charge on any atom is 3.00 e. The summed E-state index contributed by atoms with van der Waals surface area (Å²) in [7, 11) is 0. The van der Waals surface area contributed by atoms with Crippen molar-refractivity contribution < 1.29 is 17.4 Å². The molecule has 6 aromatic rings. The third-order valence-electron chi connectivity index (χ3n) is 12.1. The second-order valence-corrected chi connectivity index (χ2v) is 15.4. The van der Waals surface area contributed by atoms with E-state index in [9.17, 15) is 0 Å². The van der Waals surface area contributed by atoms with Crippen molar-refractivity contribution in [1.29, 1.82) is 0 Å². The summed E-state index contributed by atoms with van der Waals surface area (Å²) in [4.78, 5) is 0. The predicted octanol–water partition coefficient (Wildman–Crippen LogP) is 14.7. The van der Waals surface area contributed by atoms with Gasteiger partial charge in [-0.05, 0) is 41.5 Å². The molecule has 0 unspecified atom stereocenters. The van der Waals surface area contributed by atoms with Crippen LogP contribution in [0.3, 0.4) is 0 Å². The maximum atomic E-state index is 2.23. The van der Waals surface area contributed by atoms with Gasteiger partial charge in [-0.15, -0.1) is 121 Å². The fraction of sp³-hybridized carbons (Fsp3) is 0.278. The van der Waals surface area contributed by atoms with Crippen molar-refractivity contribution in [2.24, 2.45) is 0 Å². The molecule has 1 heteroatoms. The summed E-state index contributed by atoms with van der Waals surface area (Å²) < 4.78 is 0. The van der Waals surface area contributed by atoms with Crippen molar-refractivity contribution in [2.45, 2.75) is 104 Å². The first-order valence-electron chi connectivity index (χ1n) is 19.5. The standard InChI is InChI=1S/3C18H21.Cr/c3*1-12-8-6-10-17(14(12)3)16(5)18-11-7-9-13(2)15(18)4;/h3*6-11H,1-5H3;/q3*-1;+3. The monoisotopic (exact) mass is 763 g/mol. The first-order chi connectivity index (χ1) is 25.6. The summed E-state index contributed by atoms with van der Waals surface area (Å²) >= 11 is 0. The number of rotatable bonds is 6. The van der Waals surface area contributed by atoms with E-state index in [1.807, 2.05) is 0 Å².